The number of aromatic nitrogens is 1. The summed E-state index contributed by atoms with van der Waals surface area (Å²) in [5, 5.41) is 21.2. The van der Waals surface area contributed by atoms with E-state index in [1.807, 2.05) is 0 Å². The Bertz CT molecular complexity index is 396. The molecule has 5 nitrogen and oxygen atoms in total. The molecule has 0 amide bonds. The van der Waals surface area contributed by atoms with Crippen LogP contribution >= 0.6 is 11.8 Å². The maximum absolute atomic E-state index is 10.5. The van der Waals surface area contributed by atoms with Gasteiger partial charge in [-0.3, -0.25) is 10.1 Å². The Hall–Kier alpha value is -1.14. The average Bonchev–Trinajstić information content (AvgIpc) is 2.33. The van der Waals surface area contributed by atoms with E-state index in [2.05, 4.69) is 4.98 Å². The third kappa shape index (κ3) is 3.17. The second-order valence-corrected chi connectivity index (χ2v) is 5.38. The Morgan fingerprint density at radius 3 is 2.76 bits per heavy atom. The molecule has 0 aromatic carbocycles. The van der Waals surface area contributed by atoms with Crippen molar-refractivity contribution in [2.45, 2.75) is 42.1 Å². The van der Waals surface area contributed by atoms with Crippen molar-refractivity contribution in [2.24, 2.45) is 0 Å². The first-order chi connectivity index (χ1) is 8.16. The molecule has 1 fully saturated rings. The van der Waals surface area contributed by atoms with Crippen molar-refractivity contribution >= 4 is 17.4 Å². The fourth-order valence-electron chi connectivity index (χ4n) is 1.92. The van der Waals surface area contributed by atoms with Gasteiger partial charge in [-0.1, -0.05) is 12.8 Å². The highest BCUT2D eigenvalue weighted by atomic mass is 32.2. The zero-order chi connectivity index (χ0) is 12.3. The predicted octanol–water partition coefficient (Wildman–Crippen LogP) is 2.39. The van der Waals surface area contributed by atoms with Gasteiger partial charge in [0.25, 0.3) is 5.69 Å². The van der Waals surface area contributed by atoms with E-state index < -0.39 is 4.92 Å². The lowest BCUT2D eigenvalue weighted by molar-refractivity contribution is -0.385. The van der Waals surface area contributed by atoms with Crippen molar-refractivity contribution in [3.05, 3.63) is 28.4 Å². The highest BCUT2D eigenvalue weighted by Gasteiger charge is 2.24. The van der Waals surface area contributed by atoms with Crippen LogP contribution in [0.3, 0.4) is 0 Å². The quantitative estimate of drug-likeness (QED) is 0.662. The zero-order valence-electron chi connectivity index (χ0n) is 9.28. The van der Waals surface area contributed by atoms with Crippen LogP contribution in [-0.4, -0.2) is 26.4 Å². The predicted molar refractivity (Wildman–Crippen MR) is 65.0 cm³/mol. The molecule has 0 bridgehead atoms. The molecule has 17 heavy (non-hydrogen) atoms. The van der Waals surface area contributed by atoms with Crippen LogP contribution in [0.5, 0.6) is 0 Å². The minimum atomic E-state index is -0.461. The number of aliphatic hydroxyl groups is 1. The Morgan fingerprint density at radius 1 is 1.41 bits per heavy atom. The van der Waals surface area contributed by atoms with Crippen molar-refractivity contribution in [1.82, 2.24) is 4.98 Å². The van der Waals surface area contributed by atoms with Gasteiger partial charge >= 0.3 is 0 Å². The molecule has 6 heteroatoms. The smallest absolute Gasteiger partial charge is 0.287 e. The molecule has 0 saturated heterocycles. The SMILES string of the molecule is O=[N+]([O-])c1ccc(S[C@@H]2CCCC[C@@H]2O)nc1. The summed E-state index contributed by atoms with van der Waals surface area (Å²) in [6, 6.07) is 3.09. The first kappa shape index (κ1) is 12.3. The van der Waals surface area contributed by atoms with Gasteiger partial charge in [-0.25, -0.2) is 4.98 Å². The standard InChI is InChI=1S/C11H14N2O3S/c14-9-3-1-2-4-10(9)17-11-6-5-8(7-12-11)13(15)16/h5-7,9-10,14H,1-4H2/t9-,10+/m0/s1. The second kappa shape index (κ2) is 5.46. The van der Waals surface area contributed by atoms with Gasteiger partial charge in [0.05, 0.1) is 16.1 Å². The van der Waals surface area contributed by atoms with E-state index in [9.17, 15) is 15.2 Å². The van der Waals surface area contributed by atoms with E-state index in [1.54, 1.807) is 6.07 Å². The summed E-state index contributed by atoms with van der Waals surface area (Å²) < 4.78 is 0. The summed E-state index contributed by atoms with van der Waals surface area (Å²) in [7, 11) is 0. The van der Waals surface area contributed by atoms with Crippen LogP contribution in [0.15, 0.2) is 23.4 Å². The first-order valence-electron chi connectivity index (χ1n) is 5.62. The number of aliphatic hydroxyl groups excluding tert-OH is 1. The minimum Gasteiger partial charge on any atom is -0.392 e. The maximum atomic E-state index is 10.5. The normalized spacial score (nSPS) is 24.5. The van der Waals surface area contributed by atoms with Gasteiger partial charge in [0.1, 0.15) is 6.20 Å². The molecule has 1 N–H and O–H groups in total. The zero-order valence-corrected chi connectivity index (χ0v) is 10.1. The number of pyridine rings is 1. The van der Waals surface area contributed by atoms with Gasteiger partial charge in [0, 0.05) is 11.3 Å². The summed E-state index contributed by atoms with van der Waals surface area (Å²) in [5.74, 6) is 0. The van der Waals surface area contributed by atoms with Crippen LogP contribution in [0, 0.1) is 10.1 Å². The van der Waals surface area contributed by atoms with E-state index in [0.717, 1.165) is 30.7 Å². The molecular weight excluding hydrogens is 240 g/mol. The second-order valence-electron chi connectivity index (χ2n) is 4.12. The third-order valence-corrected chi connectivity index (χ3v) is 4.21. The van der Waals surface area contributed by atoms with Crippen molar-refractivity contribution in [2.75, 3.05) is 0 Å². The summed E-state index contributed by atoms with van der Waals surface area (Å²) in [6.07, 6.45) is 4.99. The van der Waals surface area contributed by atoms with Crippen LogP contribution in [0.1, 0.15) is 25.7 Å². The number of nitrogens with zero attached hydrogens (tertiary/aromatic N) is 2. The number of thioether (sulfide) groups is 1. The third-order valence-electron chi connectivity index (χ3n) is 2.87. The Balaban J connectivity index is 2.00. The van der Waals surface area contributed by atoms with Gasteiger partial charge in [0.2, 0.25) is 0 Å². The summed E-state index contributed by atoms with van der Waals surface area (Å²) >= 11 is 1.51. The fraction of sp³-hybridized carbons (Fsp3) is 0.545. The molecule has 1 aliphatic carbocycles. The molecule has 0 spiro atoms. The number of hydrogen-bond acceptors (Lipinski definition) is 5. The summed E-state index contributed by atoms with van der Waals surface area (Å²) in [5.41, 5.74) is -0.00135. The lowest BCUT2D eigenvalue weighted by Gasteiger charge is -2.26. The van der Waals surface area contributed by atoms with Gasteiger partial charge in [0.15, 0.2) is 0 Å². The molecule has 2 atom stereocenters. The van der Waals surface area contributed by atoms with Crippen LogP contribution in [0.2, 0.25) is 0 Å². The Labute approximate surface area is 103 Å². The maximum Gasteiger partial charge on any atom is 0.287 e. The molecule has 1 aromatic rings. The highest BCUT2D eigenvalue weighted by Crippen LogP contribution is 2.33. The lowest BCUT2D eigenvalue weighted by Crippen LogP contribution is -2.26. The van der Waals surface area contributed by atoms with Crippen molar-refractivity contribution < 1.29 is 10.0 Å². The molecule has 92 valence electrons. The van der Waals surface area contributed by atoms with E-state index in [0.29, 0.717) is 0 Å². The van der Waals surface area contributed by atoms with Crippen molar-refractivity contribution in [1.29, 1.82) is 0 Å². The summed E-state index contributed by atoms with van der Waals surface area (Å²) in [4.78, 5) is 14.1. The molecule has 1 aromatic heterocycles. The van der Waals surface area contributed by atoms with Crippen LogP contribution in [-0.2, 0) is 0 Å². The van der Waals surface area contributed by atoms with Gasteiger partial charge in [-0.15, -0.1) is 11.8 Å². The number of rotatable bonds is 3. The monoisotopic (exact) mass is 254 g/mol. The van der Waals surface area contributed by atoms with Crippen LogP contribution < -0.4 is 0 Å². The topological polar surface area (TPSA) is 76.3 Å². The van der Waals surface area contributed by atoms with Crippen LogP contribution in [0.4, 0.5) is 5.69 Å². The van der Waals surface area contributed by atoms with E-state index in [1.165, 1.54) is 24.0 Å². The molecule has 0 unspecified atom stereocenters. The average molecular weight is 254 g/mol. The molecule has 1 aliphatic rings. The molecule has 0 radical (unpaired) electrons. The van der Waals surface area contributed by atoms with Gasteiger partial charge < -0.3 is 5.11 Å². The van der Waals surface area contributed by atoms with E-state index in [4.69, 9.17) is 0 Å². The lowest BCUT2D eigenvalue weighted by atomic mass is 9.97. The number of nitro groups is 1. The van der Waals surface area contributed by atoms with E-state index >= 15 is 0 Å². The van der Waals surface area contributed by atoms with Gasteiger partial charge in [-0.05, 0) is 18.9 Å². The first-order valence-corrected chi connectivity index (χ1v) is 6.50. The molecule has 2 rings (SSSR count). The van der Waals surface area contributed by atoms with Crippen molar-refractivity contribution in [3.63, 3.8) is 0 Å². The Morgan fingerprint density at radius 2 is 2.18 bits per heavy atom. The molecule has 0 aliphatic heterocycles. The molecular formula is C11H14N2O3S. The highest BCUT2D eigenvalue weighted by molar-refractivity contribution is 7.99. The molecule has 1 heterocycles. The molecule has 1 saturated carbocycles. The summed E-state index contributed by atoms with van der Waals surface area (Å²) in [6.45, 7) is 0. The Kier molecular flexibility index (Phi) is 3.96. The van der Waals surface area contributed by atoms with Crippen molar-refractivity contribution in [3.8, 4) is 0 Å². The van der Waals surface area contributed by atoms with Crippen LogP contribution in [0.25, 0.3) is 0 Å². The fourth-order valence-corrected chi connectivity index (χ4v) is 3.07. The largest absolute Gasteiger partial charge is 0.392 e. The number of hydrogen-bond donors (Lipinski definition) is 1. The van der Waals surface area contributed by atoms with E-state index in [-0.39, 0.29) is 17.0 Å². The van der Waals surface area contributed by atoms with Gasteiger partial charge in [-0.2, -0.15) is 0 Å². The minimum absolute atomic E-state index is 0.00135.